The lowest BCUT2D eigenvalue weighted by atomic mass is 10.1. The first kappa shape index (κ1) is 12.2. The summed E-state index contributed by atoms with van der Waals surface area (Å²) in [5.74, 6) is -0.236. The molecule has 1 heterocycles. The van der Waals surface area contributed by atoms with Crippen molar-refractivity contribution in [2.24, 2.45) is 0 Å². The molecule has 0 amide bonds. The summed E-state index contributed by atoms with van der Waals surface area (Å²) in [5, 5.41) is 0. The molecule has 3 nitrogen and oxygen atoms in total. The van der Waals surface area contributed by atoms with E-state index < -0.39 is 0 Å². The lowest BCUT2D eigenvalue weighted by Gasteiger charge is -2.34. The van der Waals surface area contributed by atoms with Gasteiger partial charge in [0.1, 0.15) is 5.82 Å². The molecule has 0 radical (unpaired) electrons. The van der Waals surface area contributed by atoms with Gasteiger partial charge < -0.3 is 15.4 Å². The van der Waals surface area contributed by atoms with Gasteiger partial charge in [0.15, 0.2) is 0 Å². The number of nitrogen functional groups attached to an aromatic ring is 1. The van der Waals surface area contributed by atoms with Crippen LogP contribution in [0, 0.1) is 5.82 Å². The van der Waals surface area contributed by atoms with E-state index in [1.165, 1.54) is 6.07 Å². The molecule has 4 heteroatoms. The summed E-state index contributed by atoms with van der Waals surface area (Å²) in [7, 11) is 0. The van der Waals surface area contributed by atoms with Crippen LogP contribution in [0.1, 0.15) is 19.8 Å². The van der Waals surface area contributed by atoms with Gasteiger partial charge in [0.05, 0.1) is 17.5 Å². The van der Waals surface area contributed by atoms with Crippen molar-refractivity contribution in [1.29, 1.82) is 0 Å². The number of benzene rings is 1. The van der Waals surface area contributed by atoms with E-state index in [0.717, 1.165) is 32.5 Å². The number of nitrogens with zero attached hydrogens (tertiary/aromatic N) is 1. The molecule has 1 aliphatic heterocycles. The predicted octanol–water partition coefficient (Wildman–Crippen LogP) is 2.41. The second-order valence-corrected chi connectivity index (χ2v) is 4.32. The van der Waals surface area contributed by atoms with Crippen LogP contribution in [0.4, 0.5) is 15.8 Å². The van der Waals surface area contributed by atoms with Crippen LogP contribution in [0.5, 0.6) is 0 Å². The van der Waals surface area contributed by atoms with E-state index in [1.54, 1.807) is 12.1 Å². The lowest BCUT2D eigenvalue weighted by molar-refractivity contribution is 0.0458. The largest absolute Gasteiger partial charge is 0.397 e. The first-order valence-corrected chi connectivity index (χ1v) is 6.13. The van der Waals surface area contributed by atoms with Crippen molar-refractivity contribution < 1.29 is 9.13 Å². The van der Waals surface area contributed by atoms with Crippen LogP contribution < -0.4 is 10.6 Å². The number of hydrogen-bond donors (Lipinski definition) is 1. The van der Waals surface area contributed by atoms with E-state index in [2.05, 4.69) is 0 Å². The third kappa shape index (κ3) is 2.69. The maximum atomic E-state index is 13.7. The zero-order valence-electron chi connectivity index (χ0n) is 10.2. The maximum Gasteiger partial charge on any atom is 0.148 e. The highest BCUT2D eigenvalue weighted by Crippen LogP contribution is 2.29. The summed E-state index contributed by atoms with van der Waals surface area (Å²) in [6.07, 6.45) is 2.17. The molecule has 1 aromatic rings. The number of hydrogen-bond acceptors (Lipinski definition) is 3. The molecule has 0 atom stereocenters. The smallest absolute Gasteiger partial charge is 0.148 e. The molecule has 0 aromatic heterocycles. The molecule has 1 saturated heterocycles. The van der Waals surface area contributed by atoms with Gasteiger partial charge in [-0.1, -0.05) is 6.07 Å². The van der Waals surface area contributed by atoms with Gasteiger partial charge in [-0.2, -0.15) is 0 Å². The standard InChI is InChI=1S/C13H19FN2O/c1-2-17-10-6-8-16(9-7-10)13-11(14)4-3-5-12(13)15/h3-5,10H,2,6-9,15H2,1H3. The SMILES string of the molecule is CCOC1CCN(c2c(N)cccc2F)CC1. The molecular formula is C13H19FN2O. The molecule has 0 spiro atoms. The number of anilines is 2. The number of piperidine rings is 1. The molecule has 1 aliphatic rings. The second kappa shape index (κ2) is 5.36. The third-order valence-electron chi connectivity index (χ3n) is 3.18. The Morgan fingerprint density at radius 3 is 2.71 bits per heavy atom. The molecule has 94 valence electrons. The highest BCUT2D eigenvalue weighted by Gasteiger charge is 2.22. The molecule has 0 aliphatic carbocycles. The average molecular weight is 238 g/mol. The van der Waals surface area contributed by atoms with Gasteiger partial charge in [-0.05, 0) is 31.9 Å². The van der Waals surface area contributed by atoms with E-state index >= 15 is 0 Å². The van der Waals surface area contributed by atoms with Crippen molar-refractivity contribution in [3.05, 3.63) is 24.0 Å². The normalized spacial score (nSPS) is 17.4. The number of nitrogens with two attached hydrogens (primary N) is 1. The Balaban J connectivity index is 2.05. The Labute approximate surface area is 101 Å². The minimum Gasteiger partial charge on any atom is -0.397 e. The topological polar surface area (TPSA) is 38.5 Å². The minimum absolute atomic E-state index is 0.236. The molecule has 17 heavy (non-hydrogen) atoms. The Hall–Kier alpha value is -1.29. The molecule has 0 saturated carbocycles. The van der Waals surface area contributed by atoms with Crippen molar-refractivity contribution in [3.8, 4) is 0 Å². The van der Waals surface area contributed by atoms with Crippen LogP contribution in [0.3, 0.4) is 0 Å². The summed E-state index contributed by atoms with van der Waals surface area (Å²) in [6.45, 7) is 4.35. The van der Waals surface area contributed by atoms with E-state index in [-0.39, 0.29) is 5.82 Å². The summed E-state index contributed by atoms with van der Waals surface area (Å²) in [4.78, 5) is 2.01. The summed E-state index contributed by atoms with van der Waals surface area (Å²) in [5.41, 5.74) is 6.89. The average Bonchev–Trinajstić information content (AvgIpc) is 2.31. The van der Waals surface area contributed by atoms with Gasteiger partial charge in [-0.3, -0.25) is 0 Å². The van der Waals surface area contributed by atoms with Crippen molar-refractivity contribution in [3.63, 3.8) is 0 Å². The van der Waals surface area contributed by atoms with Gasteiger partial charge in [-0.25, -0.2) is 4.39 Å². The second-order valence-electron chi connectivity index (χ2n) is 4.32. The maximum absolute atomic E-state index is 13.7. The first-order chi connectivity index (χ1) is 8.22. The number of ether oxygens (including phenoxy) is 1. The summed E-state index contributed by atoms with van der Waals surface area (Å²) in [6, 6.07) is 4.84. The van der Waals surface area contributed by atoms with Gasteiger partial charge >= 0.3 is 0 Å². The van der Waals surface area contributed by atoms with Crippen LogP contribution in [0.25, 0.3) is 0 Å². The highest BCUT2D eigenvalue weighted by molar-refractivity contribution is 5.68. The van der Waals surface area contributed by atoms with E-state index in [4.69, 9.17) is 10.5 Å². The quantitative estimate of drug-likeness (QED) is 0.822. The Morgan fingerprint density at radius 2 is 2.12 bits per heavy atom. The fraction of sp³-hybridized carbons (Fsp3) is 0.538. The van der Waals surface area contributed by atoms with E-state index in [1.807, 2.05) is 11.8 Å². The summed E-state index contributed by atoms with van der Waals surface area (Å²) >= 11 is 0. The molecule has 0 bridgehead atoms. The van der Waals surface area contributed by atoms with Crippen molar-refractivity contribution in [2.45, 2.75) is 25.9 Å². The molecular weight excluding hydrogens is 219 g/mol. The van der Waals surface area contributed by atoms with Gasteiger partial charge in [0.25, 0.3) is 0 Å². The van der Waals surface area contributed by atoms with Gasteiger partial charge in [-0.15, -0.1) is 0 Å². The van der Waals surface area contributed by atoms with Crippen LogP contribution in [0.2, 0.25) is 0 Å². The van der Waals surface area contributed by atoms with Crippen LogP contribution in [0.15, 0.2) is 18.2 Å². The fourth-order valence-electron chi connectivity index (χ4n) is 2.35. The van der Waals surface area contributed by atoms with E-state index in [9.17, 15) is 4.39 Å². The minimum atomic E-state index is -0.236. The van der Waals surface area contributed by atoms with Crippen LogP contribution in [-0.2, 0) is 4.74 Å². The first-order valence-electron chi connectivity index (χ1n) is 6.13. The van der Waals surface area contributed by atoms with Crippen molar-refractivity contribution >= 4 is 11.4 Å². The number of halogens is 1. The predicted molar refractivity (Wildman–Crippen MR) is 67.7 cm³/mol. The fourth-order valence-corrected chi connectivity index (χ4v) is 2.35. The molecule has 1 fully saturated rings. The summed E-state index contributed by atoms with van der Waals surface area (Å²) < 4.78 is 19.3. The van der Waals surface area contributed by atoms with Crippen molar-refractivity contribution in [2.75, 3.05) is 30.3 Å². The van der Waals surface area contributed by atoms with Gasteiger partial charge in [0.2, 0.25) is 0 Å². The number of rotatable bonds is 3. The highest BCUT2D eigenvalue weighted by atomic mass is 19.1. The van der Waals surface area contributed by atoms with Crippen LogP contribution >= 0.6 is 0 Å². The Morgan fingerprint density at radius 1 is 1.41 bits per heavy atom. The lowest BCUT2D eigenvalue weighted by Crippen LogP contribution is -2.37. The van der Waals surface area contributed by atoms with Crippen molar-refractivity contribution in [1.82, 2.24) is 0 Å². The molecule has 1 aromatic carbocycles. The zero-order chi connectivity index (χ0) is 12.3. The number of para-hydroxylation sites is 1. The Bertz CT molecular complexity index is 355. The monoisotopic (exact) mass is 238 g/mol. The third-order valence-corrected chi connectivity index (χ3v) is 3.18. The van der Waals surface area contributed by atoms with Crippen LogP contribution in [-0.4, -0.2) is 25.8 Å². The molecule has 0 unspecified atom stereocenters. The Kier molecular flexibility index (Phi) is 3.84. The molecule has 2 N–H and O–H groups in total. The van der Waals surface area contributed by atoms with Gasteiger partial charge in [0, 0.05) is 19.7 Å². The zero-order valence-corrected chi connectivity index (χ0v) is 10.2. The van der Waals surface area contributed by atoms with E-state index in [0.29, 0.717) is 17.5 Å². The molecule has 2 rings (SSSR count).